The van der Waals surface area contributed by atoms with E-state index in [1.165, 1.54) is 0 Å². The quantitative estimate of drug-likeness (QED) is 0.631. The average molecular weight is 441 g/mol. The predicted octanol–water partition coefficient (Wildman–Crippen LogP) is 3.96. The van der Waals surface area contributed by atoms with Crippen molar-refractivity contribution in [3.05, 3.63) is 29.6 Å². The number of fused-ring (bicyclic) bond motifs is 1. The van der Waals surface area contributed by atoms with Crippen LogP contribution in [0.1, 0.15) is 65.6 Å². The van der Waals surface area contributed by atoms with Crippen LogP contribution in [0, 0.1) is 5.92 Å². The summed E-state index contributed by atoms with van der Waals surface area (Å²) in [6.45, 7) is 12.4. The molecule has 0 atom stereocenters. The highest BCUT2D eigenvalue weighted by molar-refractivity contribution is 5.83. The maximum absolute atomic E-state index is 12.5. The van der Waals surface area contributed by atoms with Crippen LogP contribution >= 0.6 is 0 Å². The van der Waals surface area contributed by atoms with Crippen molar-refractivity contribution < 1.29 is 14.6 Å². The van der Waals surface area contributed by atoms with Gasteiger partial charge in [-0.25, -0.2) is 9.97 Å². The number of ether oxygens (including phenoxy) is 1. The second kappa shape index (κ2) is 9.14. The number of Topliss-reactive ketones (excluding diaryl/α,β-unsaturated/α-hetero) is 1. The van der Waals surface area contributed by atoms with Crippen LogP contribution in [-0.4, -0.2) is 51.6 Å². The summed E-state index contributed by atoms with van der Waals surface area (Å²) in [4.78, 5) is 28.7. The van der Waals surface area contributed by atoms with E-state index in [1.807, 2.05) is 11.9 Å². The van der Waals surface area contributed by atoms with Gasteiger partial charge >= 0.3 is 0 Å². The number of aliphatic hydroxyl groups is 1. The molecule has 3 rings (SSSR count). The maximum atomic E-state index is 12.5. The Hall–Kier alpha value is -2.54. The highest BCUT2D eigenvalue weighted by Crippen LogP contribution is 2.41. The molecule has 174 valence electrons. The van der Waals surface area contributed by atoms with E-state index in [1.54, 1.807) is 32.2 Å². The summed E-state index contributed by atoms with van der Waals surface area (Å²) in [7, 11) is 1.92. The van der Waals surface area contributed by atoms with Gasteiger partial charge in [0, 0.05) is 36.7 Å². The standard InChI is InChI=1S/C25H36N4O3/c1-16(2)12-17(30)14-29(7)23-19-8-10-24(3,4)21(19)27-22(28-23)20-13-18(9-11-26-20)32-15-25(5,6)31/h9,11,13,16,31H,8,10,12,14-15H2,1-7H3. The summed E-state index contributed by atoms with van der Waals surface area (Å²) >= 11 is 0. The van der Waals surface area contributed by atoms with E-state index in [0.717, 1.165) is 29.9 Å². The smallest absolute Gasteiger partial charge is 0.180 e. The lowest BCUT2D eigenvalue weighted by atomic mass is 9.90. The van der Waals surface area contributed by atoms with Gasteiger partial charge in [-0.3, -0.25) is 9.78 Å². The minimum atomic E-state index is -0.935. The van der Waals surface area contributed by atoms with Gasteiger partial charge < -0.3 is 14.7 Å². The molecular weight excluding hydrogens is 404 g/mol. The number of nitrogens with zero attached hydrogens (tertiary/aromatic N) is 4. The van der Waals surface area contributed by atoms with E-state index < -0.39 is 5.60 Å². The number of hydrogen-bond acceptors (Lipinski definition) is 7. The number of carbonyl (C=O) groups is 1. The van der Waals surface area contributed by atoms with Crippen molar-refractivity contribution in [3.8, 4) is 17.3 Å². The average Bonchev–Trinajstić information content (AvgIpc) is 2.99. The fourth-order valence-corrected chi connectivity index (χ4v) is 3.99. The minimum absolute atomic E-state index is 0.0699. The lowest BCUT2D eigenvalue weighted by Crippen LogP contribution is -2.29. The Kier molecular flexibility index (Phi) is 6.89. The summed E-state index contributed by atoms with van der Waals surface area (Å²) in [6, 6.07) is 3.55. The number of hydrogen-bond donors (Lipinski definition) is 1. The Morgan fingerprint density at radius 2 is 2.03 bits per heavy atom. The van der Waals surface area contributed by atoms with Crippen LogP contribution in [0.2, 0.25) is 0 Å². The molecule has 1 N–H and O–H groups in total. The zero-order valence-corrected chi connectivity index (χ0v) is 20.4. The molecule has 0 saturated carbocycles. The van der Waals surface area contributed by atoms with E-state index in [-0.39, 0.29) is 17.8 Å². The normalized spacial score (nSPS) is 15.0. The molecule has 2 heterocycles. The van der Waals surface area contributed by atoms with Crippen LogP contribution in [-0.2, 0) is 16.6 Å². The van der Waals surface area contributed by atoms with Crippen molar-refractivity contribution in [2.75, 3.05) is 25.1 Å². The van der Waals surface area contributed by atoms with E-state index >= 15 is 0 Å². The zero-order chi connectivity index (χ0) is 23.7. The van der Waals surface area contributed by atoms with E-state index in [2.05, 4.69) is 32.7 Å². The molecule has 1 aliphatic carbocycles. The van der Waals surface area contributed by atoms with Gasteiger partial charge in [0.05, 0.1) is 17.8 Å². The van der Waals surface area contributed by atoms with Crippen molar-refractivity contribution in [1.29, 1.82) is 0 Å². The van der Waals surface area contributed by atoms with Crippen LogP contribution in [0.15, 0.2) is 18.3 Å². The summed E-state index contributed by atoms with van der Waals surface area (Å²) in [5.41, 5.74) is 1.74. The van der Waals surface area contributed by atoms with Gasteiger partial charge in [0.1, 0.15) is 23.9 Å². The maximum Gasteiger partial charge on any atom is 0.180 e. The molecule has 0 aliphatic heterocycles. The van der Waals surface area contributed by atoms with Crippen molar-refractivity contribution in [1.82, 2.24) is 15.0 Å². The SMILES string of the molecule is CC(C)CC(=O)CN(C)c1nc(-c2cc(OCC(C)(C)O)ccn2)nc2c1CCC2(C)C. The van der Waals surface area contributed by atoms with Crippen molar-refractivity contribution in [2.45, 2.75) is 71.8 Å². The molecule has 0 bridgehead atoms. The Morgan fingerprint density at radius 3 is 2.69 bits per heavy atom. The zero-order valence-electron chi connectivity index (χ0n) is 20.4. The van der Waals surface area contributed by atoms with Gasteiger partial charge in [-0.15, -0.1) is 0 Å². The second-order valence-electron chi connectivity index (χ2n) is 10.6. The van der Waals surface area contributed by atoms with Crippen molar-refractivity contribution in [3.63, 3.8) is 0 Å². The first kappa shape index (κ1) is 24.1. The number of aromatic nitrogens is 3. The molecule has 2 aromatic rings. The van der Waals surface area contributed by atoms with Crippen molar-refractivity contribution >= 4 is 11.6 Å². The van der Waals surface area contributed by atoms with Gasteiger partial charge in [0.2, 0.25) is 0 Å². The summed E-state index contributed by atoms with van der Waals surface area (Å²) < 4.78 is 5.73. The van der Waals surface area contributed by atoms with Crippen LogP contribution in [0.4, 0.5) is 5.82 Å². The number of likely N-dealkylation sites (N-methyl/N-ethyl adjacent to an activating group) is 1. The number of pyridine rings is 1. The third kappa shape index (κ3) is 5.82. The molecule has 1 aliphatic rings. The lowest BCUT2D eigenvalue weighted by molar-refractivity contribution is -0.118. The highest BCUT2D eigenvalue weighted by atomic mass is 16.5. The first-order chi connectivity index (χ1) is 14.9. The van der Waals surface area contributed by atoms with Gasteiger partial charge in [0.25, 0.3) is 0 Å². The van der Waals surface area contributed by atoms with Crippen LogP contribution in [0.25, 0.3) is 11.5 Å². The number of rotatable bonds is 9. The molecule has 0 radical (unpaired) electrons. The van der Waals surface area contributed by atoms with E-state index in [0.29, 0.717) is 36.2 Å². The van der Waals surface area contributed by atoms with E-state index in [9.17, 15) is 9.90 Å². The Labute approximate surface area is 191 Å². The Balaban J connectivity index is 1.98. The molecule has 0 spiro atoms. The van der Waals surface area contributed by atoms with E-state index in [4.69, 9.17) is 14.7 Å². The van der Waals surface area contributed by atoms with Gasteiger partial charge in [-0.05, 0) is 38.7 Å². The molecule has 0 fully saturated rings. The van der Waals surface area contributed by atoms with Crippen LogP contribution in [0.3, 0.4) is 0 Å². The predicted molar refractivity (Wildman–Crippen MR) is 126 cm³/mol. The molecule has 2 aromatic heterocycles. The topological polar surface area (TPSA) is 88.4 Å². The first-order valence-electron chi connectivity index (χ1n) is 11.3. The fourth-order valence-electron chi connectivity index (χ4n) is 3.99. The lowest BCUT2D eigenvalue weighted by Gasteiger charge is -2.23. The molecule has 7 heteroatoms. The second-order valence-corrected chi connectivity index (χ2v) is 10.6. The number of ketones is 1. The number of carbonyl (C=O) groups excluding carboxylic acids is 1. The van der Waals surface area contributed by atoms with Crippen molar-refractivity contribution in [2.24, 2.45) is 5.92 Å². The molecule has 0 unspecified atom stereocenters. The Bertz CT molecular complexity index is 980. The monoisotopic (exact) mass is 440 g/mol. The largest absolute Gasteiger partial charge is 0.490 e. The fraction of sp³-hybridized carbons (Fsp3) is 0.600. The van der Waals surface area contributed by atoms with Crippen LogP contribution < -0.4 is 9.64 Å². The third-order valence-corrected chi connectivity index (χ3v) is 5.59. The summed E-state index contributed by atoms with van der Waals surface area (Å²) in [5, 5.41) is 9.95. The summed E-state index contributed by atoms with van der Waals surface area (Å²) in [6.07, 6.45) is 4.09. The third-order valence-electron chi connectivity index (χ3n) is 5.59. The molecule has 32 heavy (non-hydrogen) atoms. The van der Waals surface area contributed by atoms with Gasteiger partial charge in [-0.1, -0.05) is 27.7 Å². The van der Waals surface area contributed by atoms with Gasteiger partial charge in [-0.2, -0.15) is 0 Å². The first-order valence-corrected chi connectivity index (χ1v) is 11.3. The van der Waals surface area contributed by atoms with Crippen LogP contribution in [0.5, 0.6) is 5.75 Å². The van der Waals surface area contributed by atoms with Gasteiger partial charge in [0.15, 0.2) is 11.6 Å². The summed E-state index contributed by atoms with van der Waals surface area (Å²) in [5.74, 6) is 2.46. The Morgan fingerprint density at radius 1 is 1.31 bits per heavy atom. The molecular formula is C25H36N4O3. The molecule has 0 aromatic carbocycles. The molecule has 0 saturated heterocycles. The number of anilines is 1. The molecule has 0 amide bonds. The minimum Gasteiger partial charge on any atom is -0.490 e. The molecule has 7 nitrogen and oxygen atoms in total. The highest BCUT2D eigenvalue weighted by Gasteiger charge is 2.35.